The molecule has 0 aliphatic heterocycles. The summed E-state index contributed by atoms with van der Waals surface area (Å²) >= 11 is 3.04. The Kier molecular flexibility index (Phi) is 1.26. The van der Waals surface area contributed by atoms with E-state index in [1.165, 1.54) is 6.20 Å². The minimum atomic E-state index is 0.600. The maximum atomic E-state index is 3.47. The minimum absolute atomic E-state index is 0.600. The van der Waals surface area contributed by atoms with Crippen LogP contribution in [0.2, 0.25) is 0 Å². The zero-order chi connectivity index (χ0) is 5.11. The molecule has 1 rings (SSSR count). The minimum Gasteiger partial charge on any atom is -0.134 e. The van der Waals surface area contributed by atoms with Crippen LogP contribution in [0.1, 0.15) is 0 Å². The topological polar surface area (TPSA) is 51.6 Å². The predicted octanol–water partition coefficient (Wildman–Crippen LogP) is 0.0291. The number of nitrogens with zero attached hydrogens (tertiary/aromatic N) is 4. The third-order valence-corrected chi connectivity index (χ3v) is 0.760. The van der Waals surface area contributed by atoms with E-state index in [9.17, 15) is 0 Å². The van der Waals surface area contributed by atoms with Gasteiger partial charge in [-0.1, -0.05) is 0 Å². The van der Waals surface area contributed by atoms with Crippen LogP contribution in [0.15, 0.2) is 10.8 Å². The molecular formula is C2HBrN4. The monoisotopic (exact) mass is 160 g/mol. The van der Waals surface area contributed by atoms with Crippen molar-refractivity contribution in [3.63, 3.8) is 0 Å². The van der Waals surface area contributed by atoms with Gasteiger partial charge in [-0.25, -0.2) is 0 Å². The molecule has 4 nitrogen and oxygen atoms in total. The van der Waals surface area contributed by atoms with Crippen LogP contribution in [0.3, 0.4) is 0 Å². The fraction of sp³-hybridized carbons (Fsp3) is 0. The lowest BCUT2D eigenvalue weighted by atomic mass is 10.9. The number of hydrogen-bond donors (Lipinski definition) is 0. The molecule has 5 heteroatoms. The molecule has 1 aromatic rings. The zero-order valence-electron chi connectivity index (χ0n) is 3.24. The average Bonchev–Trinajstić information content (AvgIpc) is 1.69. The zero-order valence-corrected chi connectivity index (χ0v) is 4.83. The van der Waals surface area contributed by atoms with Crippen molar-refractivity contribution in [2.45, 2.75) is 0 Å². The van der Waals surface area contributed by atoms with Crippen LogP contribution in [0.5, 0.6) is 0 Å². The highest BCUT2D eigenvalue weighted by atomic mass is 79.9. The molecule has 0 saturated heterocycles. The summed E-state index contributed by atoms with van der Waals surface area (Å²) in [4.78, 5) is 0. The lowest BCUT2D eigenvalue weighted by Crippen LogP contribution is -1.87. The van der Waals surface area contributed by atoms with Crippen molar-refractivity contribution in [1.29, 1.82) is 0 Å². The Morgan fingerprint density at radius 3 is 2.57 bits per heavy atom. The van der Waals surface area contributed by atoms with E-state index in [4.69, 9.17) is 0 Å². The van der Waals surface area contributed by atoms with Gasteiger partial charge in [0.1, 0.15) is 0 Å². The maximum Gasteiger partial charge on any atom is 0.150 e. The van der Waals surface area contributed by atoms with Crippen molar-refractivity contribution < 1.29 is 0 Å². The largest absolute Gasteiger partial charge is 0.150 e. The van der Waals surface area contributed by atoms with Gasteiger partial charge in [0.15, 0.2) is 4.60 Å². The van der Waals surface area contributed by atoms with E-state index in [2.05, 4.69) is 36.6 Å². The summed E-state index contributed by atoms with van der Waals surface area (Å²) < 4.78 is 0.600. The van der Waals surface area contributed by atoms with E-state index in [0.29, 0.717) is 4.60 Å². The summed E-state index contributed by atoms with van der Waals surface area (Å²) in [7, 11) is 0. The first-order valence-corrected chi connectivity index (χ1v) is 2.35. The van der Waals surface area contributed by atoms with Gasteiger partial charge < -0.3 is 0 Å². The molecule has 0 aromatic carbocycles. The molecular weight excluding hydrogens is 160 g/mol. The van der Waals surface area contributed by atoms with E-state index in [1.807, 2.05) is 0 Å². The number of rotatable bonds is 0. The van der Waals surface area contributed by atoms with E-state index >= 15 is 0 Å². The number of aromatic nitrogens is 4. The Bertz CT molecular complexity index is 140. The summed E-state index contributed by atoms with van der Waals surface area (Å²) in [5, 5.41) is 13.3. The van der Waals surface area contributed by atoms with Gasteiger partial charge in [-0.2, -0.15) is 0 Å². The van der Waals surface area contributed by atoms with Gasteiger partial charge in [0.25, 0.3) is 0 Å². The Morgan fingerprint density at radius 2 is 2.29 bits per heavy atom. The third-order valence-electron chi connectivity index (χ3n) is 0.396. The van der Waals surface area contributed by atoms with Gasteiger partial charge in [0, 0.05) is 0 Å². The summed E-state index contributed by atoms with van der Waals surface area (Å²) in [5.41, 5.74) is 0. The molecule has 0 unspecified atom stereocenters. The van der Waals surface area contributed by atoms with Crippen LogP contribution in [0.4, 0.5) is 0 Å². The van der Waals surface area contributed by atoms with E-state index in [-0.39, 0.29) is 0 Å². The number of hydrogen-bond acceptors (Lipinski definition) is 4. The van der Waals surface area contributed by atoms with Crippen molar-refractivity contribution in [3.8, 4) is 0 Å². The molecule has 0 bridgehead atoms. The third kappa shape index (κ3) is 1.15. The van der Waals surface area contributed by atoms with Gasteiger partial charge >= 0.3 is 0 Å². The maximum absolute atomic E-state index is 3.47. The van der Waals surface area contributed by atoms with Crippen LogP contribution in [-0.2, 0) is 0 Å². The summed E-state index contributed by atoms with van der Waals surface area (Å²) in [6, 6.07) is 0. The van der Waals surface area contributed by atoms with E-state index in [0.717, 1.165) is 0 Å². The van der Waals surface area contributed by atoms with Gasteiger partial charge in [-0.05, 0) is 26.4 Å². The second-order valence-electron chi connectivity index (χ2n) is 0.846. The summed E-state index contributed by atoms with van der Waals surface area (Å²) in [5.74, 6) is 0. The molecule has 0 N–H and O–H groups in total. The molecule has 0 amide bonds. The molecule has 1 heterocycles. The molecule has 0 aliphatic rings. The fourth-order valence-corrected chi connectivity index (χ4v) is 0.348. The molecule has 0 saturated carbocycles. The predicted molar refractivity (Wildman–Crippen MR) is 25.3 cm³/mol. The first kappa shape index (κ1) is 4.58. The fourth-order valence-electron chi connectivity index (χ4n) is 0.185. The van der Waals surface area contributed by atoms with Crippen LogP contribution in [0.25, 0.3) is 0 Å². The molecule has 0 fully saturated rings. The molecule has 1 aromatic heterocycles. The summed E-state index contributed by atoms with van der Waals surface area (Å²) in [6.45, 7) is 0. The molecule has 0 radical (unpaired) electrons. The van der Waals surface area contributed by atoms with Crippen LogP contribution >= 0.6 is 15.9 Å². The quantitative estimate of drug-likeness (QED) is 0.538. The van der Waals surface area contributed by atoms with Crippen LogP contribution in [0, 0.1) is 0 Å². The Morgan fingerprint density at radius 1 is 1.43 bits per heavy atom. The van der Waals surface area contributed by atoms with Crippen molar-refractivity contribution in [3.05, 3.63) is 10.8 Å². The van der Waals surface area contributed by atoms with Gasteiger partial charge in [0.05, 0.1) is 6.20 Å². The first-order valence-electron chi connectivity index (χ1n) is 1.56. The average molecular weight is 161 g/mol. The van der Waals surface area contributed by atoms with Crippen LogP contribution < -0.4 is 0 Å². The Hall–Kier alpha value is -0.580. The van der Waals surface area contributed by atoms with Gasteiger partial charge in [-0.3, -0.25) is 0 Å². The van der Waals surface area contributed by atoms with Crippen molar-refractivity contribution in [1.82, 2.24) is 20.6 Å². The lowest BCUT2D eigenvalue weighted by Gasteiger charge is -1.76. The van der Waals surface area contributed by atoms with Crippen molar-refractivity contribution in [2.75, 3.05) is 0 Å². The Balaban J connectivity index is 3.02. The van der Waals surface area contributed by atoms with Crippen LogP contribution in [-0.4, -0.2) is 20.6 Å². The van der Waals surface area contributed by atoms with Gasteiger partial charge in [-0.15, -0.1) is 10.2 Å². The standard InChI is InChI=1S/C2HBrN4/c3-2-1-4-6-7-5-2/h1H. The molecule has 36 valence electrons. The van der Waals surface area contributed by atoms with Crippen molar-refractivity contribution >= 4 is 15.9 Å². The molecule has 7 heavy (non-hydrogen) atoms. The highest BCUT2D eigenvalue weighted by molar-refractivity contribution is 9.10. The normalized spacial score (nSPS) is 8.71. The molecule has 0 spiro atoms. The van der Waals surface area contributed by atoms with Gasteiger partial charge in [0.2, 0.25) is 0 Å². The first-order chi connectivity index (χ1) is 3.39. The lowest BCUT2D eigenvalue weighted by molar-refractivity contribution is 0.749. The second-order valence-corrected chi connectivity index (χ2v) is 1.66. The summed E-state index contributed by atoms with van der Waals surface area (Å²) in [6.07, 6.45) is 1.47. The Labute approximate surface area is 48.1 Å². The highest BCUT2D eigenvalue weighted by Crippen LogP contribution is 1.95. The second kappa shape index (κ2) is 1.92. The SMILES string of the molecule is Brc1cnnnn1. The van der Waals surface area contributed by atoms with E-state index < -0.39 is 0 Å². The van der Waals surface area contributed by atoms with Crippen molar-refractivity contribution in [2.24, 2.45) is 0 Å². The molecule has 0 atom stereocenters. The highest BCUT2D eigenvalue weighted by Gasteiger charge is 1.80. The van der Waals surface area contributed by atoms with E-state index in [1.54, 1.807) is 0 Å². The smallest absolute Gasteiger partial charge is 0.134 e. The molecule has 0 aliphatic carbocycles. The number of halogens is 1.